The van der Waals surface area contributed by atoms with Crippen LogP contribution in [0.4, 0.5) is 5.82 Å². The van der Waals surface area contributed by atoms with Crippen molar-refractivity contribution in [3.05, 3.63) is 48.0 Å². The lowest BCUT2D eigenvalue weighted by atomic mass is 9.81. The zero-order valence-corrected chi connectivity index (χ0v) is 45.0. The molecule has 0 aliphatic carbocycles. The molecule has 29 heteroatoms. The maximum Gasteiger partial charge on any atom is 0.293 e. The second-order valence-corrected chi connectivity index (χ2v) is 24.0. The molecular weight excluding hydrogens is 1040 g/mol. The molecule has 7 atom stereocenters. The molecule has 3 heterocycles. The summed E-state index contributed by atoms with van der Waals surface area (Å²) in [5, 5.41) is 26.5. The molecule has 2 aromatic heterocycles. The first-order valence-electron chi connectivity index (χ1n) is 24.0. The van der Waals surface area contributed by atoms with Crippen LogP contribution in [0.5, 0.6) is 0 Å². The van der Waals surface area contributed by atoms with E-state index in [-0.39, 0.29) is 48.7 Å². The standard InChI is InChI=1S/C45H72N7O19P3/c1-43(2,21-11-8-7-9-13-30-15-17-31(18-16-30)14-10-12-22-45(5,6)66-29-53)33(54)19-23-47-34(55)20-24-48-41(58)38(57)44(3,4)26-68-74(64,65)71-73(62,63)67-25-32-37(70-72(59,60)61)36(56)42(69-32)52-28-51-35-39(46)49-27-50-40(35)52/h15-18,27-29,32,36-38,42,56-57H,7-14,19-26H2,1-6H3,(H,47,55)(H,48,58)(H,62,63)(H,64,65)(H2,46,49,50)(H2,59,60,61)/p-4. The fourth-order valence-corrected chi connectivity index (χ4v) is 10.6. The summed E-state index contributed by atoms with van der Waals surface area (Å²) in [4.78, 5) is 109. The number of imidazole rings is 1. The van der Waals surface area contributed by atoms with E-state index in [1.807, 2.05) is 27.7 Å². The number of carbonyl (C=O) groups is 4. The molecule has 0 radical (unpaired) electrons. The number of benzene rings is 1. The van der Waals surface area contributed by atoms with Crippen LogP contribution >= 0.6 is 23.5 Å². The Morgan fingerprint density at radius 2 is 1.45 bits per heavy atom. The Labute approximate surface area is 429 Å². The van der Waals surface area contributed by atoms with Gasteiger partial charge in [-0.3, -0.25) is 32.9 Å². The average molecular weight is 1100 g/mol. The molecule has 3 aromatic rings. The number of amides is 2. The fourth-order valence-electron chi connectivity index (χ4n) is 7.90. The van der Waals surface area contributed by atoms with Crippen molar-refractivity contribution in [1.82, 2.24) is 30.2 Å². The largest absolute Gasteiger partial charge is 0.790 e. The average Bonchev–Trinajstić information content (AvgIpc) is 3.87. The number of aliphatic hydroxyl groups is 2. The number of nitrogens with two attached hydrogens (primary N) is 1. The first-order chi connectivity index (χ1) is 34.4. The summed E-state index contributed by atoms with van der Waals surface area (Å²) in [6, 6.07) is 8.67. The number of phosphoric acid groups is 3. The maximum absolute atomic E-state index is 13.0. The molecule has 1 aliphatic heterocycles. The third-order valence-electron chi connectivity index (χ3n) is 12.4. The summed E-state index contributed by atoms with van der Waals surface area (Å²) < 4.78 is 66.1. The first-order valence-corrected chi connectivity index (χ1v) is 28.4. The lowest BCUT2D eigenvalue weighted by Gasteiger charge is -2.36. The highest BCUT2D eigenvalue weighted by Gasteiger charge is 2.47. The van der Waals surface area contributed by atoms with Crippen molar-refractivity contribution in [3.8, 4) is 0 Å². The van der Waals surface area contributed by atoms with E-state index < -0.39 is 95.6 Å². The van der Waals surface area contributed by atoms with Crippen LogP contribution in [0.25, 0.3) is 11.2 Å². The predicted octanol–water partition coefficient (Wildman–Crippen LogP) is 1.72. The molecule has 26 nitrogen and oxygen atoms in total. The number of Topliss-reactive ketones (excluding diaryl/α,β-unsaturated/α-hetero) is 1. The van der Waals surface area contributed by atoms with Gasteiger partial charge in [-0.05, 0) is 69.9 Å². The topological polar surface area (TPSA) is 401 Å². The molecular formula is C45H68N7O19P3-4. The van der Waals surface area contributed by atoms with Gasteiger partial charge < -0.3 is 73.8 Å². The van der Waals surface area contributed by atoms with Crippen molar-refractivity contribution in [1.29, 1.82) is 0 Å². The highest BCUT2D eigenvalue weighted by molar-refractivity contribution is 7.59. The van der Waals surface area contributed by atoms with E-state index in [0.29, 0.717) is 12.9 Å². The van der Waals surface area contributed by atoms with Gasteiger partial charge in [0.25, 0.3) is 22.1 Å². The van der Waals surface area contributed by atoms with Gasteiger partial charge in [0.2, 0.25) is 11.8 Å². The highest BCUT2D eigenvalue weighted by Crippen LogP contribution is 2.56. The van der Waals surface area contributed by atoms with Crippen molar-refractivity contribution in [2.45, 2.75) is 155 Å². The Hall–Kier alpha value is -4.10. The van der Waals surface area contributed by atoms with Gasteiger partial charge in [0.15, 0.2) is 17.7 Å². The molecule has 1 fully saturated rings. The molecule has 6 N–H and O–H groups in total. The second-order valence-electron chi connectivity index (χ2n) is 20.0. The molecule has 1 aromatic carbocycles. The Morgan fingerprint density at radius 3 is 2.08 bits per heavy atom. The molecule has 0 spiro atoms. The zero-order valence-electron chi connectivity index (χ0n) is 42.3. The quantitative estimate of drug-likeness (QED) is 0.0323. The van der Waals surface area contributed by atoms with Crippen LogP contribution in [-0.2, 0) is 73.1 Å². The van der Waals surface area contributed by atoms with Crippen LogP contribution in [-0.4, -0.2) is 110 Å². The number of carbonyl (C=O) groups excluding carboxylic acids is 4. The highest BCUT2D eigenvalue weighted by atomic mass is 31.3. The van der Waals surface area contributed by atoms with Crippen LogP contribution in [0, 0.1) is 10.8 Å². The summed E-state index contributed by atoms with van der Waals surface area (Å²) in [5.74, 6) is -1.60. The number of aromatic nitrogens is 4. The Bertz CT molecular complexity index is 2490. The number of unbranched alkanes of at least 4 members (excludes halogenated alkanes) is 4. The van der Waals surface area contributed by atoms with Gasteiger partial charge in [0.05, 0.1) is 27.4 Å². The lowest BCUT2D eigenvalue weighted by molar-refractivity contribution is -0.347. The van der Waals surface area contributed by atoms with Gasteiger partial charge in [0, 0.05) is 36.8 Å². The van der Waals surface area contributed by atoms with Crippen LogP contribution in [0.2, 0.25) is 0 Å². The van der Waals surface area contributed by atoms with Crippen molar-refractivity contribution in [3.63, 3.8) is 0 Å². The third-order valence-corrected chi connectivity index (χ3v) is 15.4. The van der Waals surface area contributed by atoms with Gasteiger partial charge in [-0.25, -0.2) is 19.3 Å². The van der Waals surface area contributed by atoms with Crippen molar-refractivity contribution in [2.24, 2.45) is 10.8 Å². The number of fused-ring (bicyclic) bond motifs is 1. The summed E-state index contributed by atoms with van der Waals surface area (Å²) in [6.07, 6.45) is 1.76. The third kappa shape index (κ3) is 20.1. The number of nitrogens with one attached hydrogen (secondary N) is 2. The van der Waals surface area contributed by atoms with Gasteiger partial charge in [-0.1, -0.05) is 71.2 Å². The number of hydrogen-bond donors (Lipinski definition) is 5. The normalized spacial score (nSPS) is 19.6. The maximum atomic E-state index is 13.0. The van der Waals surface area contributed by atoms with Crippen molar-refractivity contribution < 1.29 is 90.0 Å². The first kappa shape index (κ1) is 62.4. The zero-order chi connectivity index (χ0) is 55.1. The minimum absolute atomic E-state index is 0.00688. The molecule has 74 heavy (non-hydrogen) atoms. The Kier molecular flexibility index (Phi) is 23.0. The van der Waals surface area contributed by atoms with E-state index in [4.69, 9.17) is 15.2 Å². The number of anilines is 1. The number of hydrogen-bond acceptors (Lipinski definition) is 23. The second kappa shape index (κ2) is 27.3. The number of ketones is 1. The summed E-state index contributed by atoms with van der Waals surface area (Å²) in [7, 11) is -17.7. The molecule has 1 saturated heterocycles. The monoisotopic (exact) mass is 1100 g/mol. The van der Waals surface area contributed by atoms with E-state index in [0.717, 1.165) is 75.0 Å². The van der Waals surface area contributed by atoms with Gasteiger partial charge in [-0.15, -0.1) is 0 Å². The predicted molar refractivity (Wildman–Crippen MR) is 256 cm³/mol. The van der Waals surface area contributed by atoms with E-state index in [1.54, 1.807) is 0 Å². The molecule has 2 amide bonds. The number of phosphoric ester groups is 3. The molecule has 4 rings (SSSR count). The Morgan fingerprint density at radius 1 is 0.851 bits per heavy atom. The van der Waals surface area contributed by atoms with E-state index in [2.05, 4.69) is 67.7 Å². The fraction of sp³-hybridized carbons (Fsp3) is 0.667. The van der Waals surface area contributed by atoms with Gasteiger partial charge in [0.1, 0.15) is 47.6 Å². The number of nitrogens with zero attached hydrogens (tertiary/aromatic N) is 4. The lowest BCUT2D eigenvalue weighted by Crippen LogP contribution is -2.46. The van der Waals surface area contributed by atoms with E-state index in [1.165, 1.54) is 25.0 Å². The number of ether oxygens (including phenoxy) is 2. The summed E-state index contributed by atoms with van der Waals surface area (Å²) in [5.41, 5.74) is 5.59. The van der Waals surface area contributed by atoms with Crippen molar-refractivity contribution in [2.75, 3.05) is 32.0 Å². The van der Waals surface area contributed by atoms with E-state index >= 15 is 0 Å². The molecule has 7 unspecified atom stereocenters. The molecule has 0 saturated carbocycles. The number of aryl methyl sites for hydroxylation is 2. The van der Waals surface area contributed by atoms with Crippen LogP contribution < -0.4 is 35.9 Å². The summed E-state index contributed by atoms with van der Waals surface area (Å²) >= 11 is 0. The van der Waals surface area contributed by atoms with Crippen LogP contribution in [0.3, 0.4) is 0 Å². The smallest absolute Gasteiger partial charge is 0.293 e. The molecule has 1 aliphatic rings. The molecule has 416 valence electrons. The summed E-state index contributed by atoms with van der Waals surface area (Å²) in [6.45, 7) is 8.02. The van der Waals surface area contributed by atoms with Gasteiger partial charge >= 0.3 is 0 Å². The van der Waals surface area contributed by atoms with Crippen LogP contribution in [0.15, 0.2) is 36.9 Å². The van der Waals surface area contributed by atoms with Gasteiger partial charge in [-0.2, -0.15) is 0 Å². The number of nitrogen functional groups attached to an aromatic ring is 1. The van der Waals surface area contributed by atoms with Crippen LogP contribution in [0.1, 0.15) is 123 Å². The van der Waals surface area contributed by atoms with E-state index in [9.17, 15) is 62.7 Å². The minimum Gasteiger partial charge on any atom is -0.790 e. The number of aliphatic hydroxyl groups excluding tert-OH is 2. The number of rotatable bonds is 34. The SMILES string of the molecule is CC(C)(CCCCc1ccc(CCCCCCC(C)(C)C(=O)CCNC(=O)CCNC(=O)C(O)C(C)(C)COP(=O)([O-])OP(=O)([O-])OCC2OC(n3cnc4c(N)ncnc43)C(O)C2OP(=O)([O-])[O-])cc1)OC=O. The molecule has 0 bridgehead atoms. The van der Waals surface area contributed by atoms with Crippen molar-refractivity contribution >= 4 is 64.5 Å². The minimum atomic E-state index is -5.94. The Balaban J connectivity index is 1.10.